The van der Waals surface area contributed by atoms with E-state index >= 15 is 0 Å². The SMILES string of the molecule is Cc1ccncc1-c1ccc(C(=O)CN2C(=O)OC3(CCC(F)(F)CC3)C2=O)cc1. The van der Waals surface area contributed by atoms with Crippen molar-refractivity contribution in [2.24, 2.45) is 0 Å². The Bertz CT molecular complexity index is 1010. The Morgan fingerprint density at radius 3 is 2.40 bits per heavy atom. The van der Waals surface area contributed by atoms with Crippen LogP contribution in [0.25, 0.3) is 11.1 Å². The van der Waals surface area contributed by atoms with Gasteiger partial charge in [0.2, 0.25) is 5.92 Å². The van der Waals surface area contributed by atoms with Gasteiger partial charge in [-0.05, 0) is 24.1 Å². The molecule has 1 saturated carbocycles. The molecule has 0 bridgehead atoms. The van der Waals surface area contributed by atoms with Crippen molar-refractivity contribution < 1.29 is 27.9 Å². The van der Waals surface area contributed by atoms with E-state index in [1.165, 1.54) is 0 Å². The molecule has 1 spiro atoms. The van der Waals surface area contributed by atoms with Gasteiger partial charge in [-0.3, -0.25) is 14.6 Å². The third-order valence-corrected chi connectivity index (χ3v) is 5.79. The number of benzene rings is 1. The van der Waals surface area contributed by atoms with Gasteiger partial charge in [-0.2, -0.15) is 0 Å². The molecular formula is C22H20F2N2O4. The van der Waals surface area contributed by atoms with Crippen LogP contribution in [0.15, 0.2) is 42.7 Å². The number of nitrogens with zero attached hydrogens (tertiary/aromatic N) is 2. The highest BCUT2D eigenvalue weighted by molar-refractivity contribution is 6.08. The Kier molecular flexibility index (Phi) is 4.88. The second kappa shape index (κ2) is 7.27. The minimum absolute atomic E-state index is 0.242. The molecule has 2 fully saturated rings. The molecule has 0 atom stereocenters. The molecule has 8 heteroatoms. The van der Waals surface area contributed by atoms with E-state index in [2.05, 4.69) is 4.98 Å². The van der Waals surface area contributed by atoms with E-state index in [-0.39, 0.29) is 12.8 Å². The van der Waals surface area contributed by atoms with Gasteiger partial charge in [-0.1, -0.05) is 24.3 Å². The fourth-order valence-corrected chi connectivity index (χ4v) is 3.90. The third kappa shape index (κ3) is 3.58. The summed E-state index contributed by atoms with van der Waals surface area (Å²) in [4.78, 5) is 42.4. The number of imide groups is 1. The summed E-state index contributed by atoms with van der Waals surface area (Å²) in [5.74, 6) is -4.01. The minimum Gasteiger partial charge on any atom is -0.432 e. The highest BCUT2D eigenvalue weighted by Gasteiger charge is 2.58. The Balaban J connectivity index is 1.47. The fourth-order valence-electron chi connectivity index (χ4n) is 3.90. The van der Waals surface area contributed by atoms with Crippen molar-refractivity contribution in [3.8, 4) is 11.1 Å². The molecule has 1 saturated heterocycles. The molecule has 1 aromatic heterocycles. The maximum atomic E-state index is 13.5. The molecule has 0 unspecified atom stereocenters. The largest absolute Gasteiger partial charge is 0.432 e. The van der Waals surface area contributed by atoms with Gasteiger partial charge < -0.3 is 4.74 Å². The van der Waals surface area contributed by atoms with E-state index in [0.29, 0.717) is 5.56 Å². The first-order chi connectivity index (χ1) is 14.2. The number of ether oxygens (including phenoxy) is 1. The predicted molar refractivity (Wildman–Crippen MR) is 103 cm³/mol. The van der Waals surface area contributed by atoms with Crippen LogP contribution in [0, 0.1) is 6.92 Å². The molecule has 30 heavy (non-hydrogen) atoms. The molecule has 2 amide bonds. The molecule has 2 heterocycles. The topological polar surface area (TPSA) is 76.6 Å². The van der Waals surface area contributed by atoms with Crippen LogP contribution in [0.3, 0.4) is 0 Å². The van der Waals surface area contributed by atoms with E-state index in [1.54, 1.807) is 36.7 Å². The molecular weight excluding hydrogens is 394 g/mol. The Labute approximate surface area is 171 Å². The molecule has 6 nitrogen and oxygen atoms in total. The van der Waals surface area contributed by atoms with E-state index in [0.717, 1.165) is 21.6 Å². The van der Waals surface area contributed by atoms with Crippen LogP contribution < -0.4 is 0 Å². The fraction of sp³-hybridized carbons (Fsp3) is 0.364. The van der Waals surface area contributed by atoms with Crippen LogP contribution in [0.1, 0.15) is 41.6 Å². The average Bonchev–Trinajstić information content (AvgIpc) is 2.95. The van der Waals surface area contributed by atoms with Crippen molar-refractivity contribution in [2.75, 3.05) is 6.54 Å². The number of hydrogen-bond acceptors (Lipinski definition) is 5. The van der Waals surface area contributed by atoms with E-state index < -0.39 is 48.7 Å². The predicted octanol–water partition coefficient (Wildman–Crippen LogP) is 4.17. The molecule has 0 radical (unpaired) electrons. The van der Waals surface area contributed by atoms with Gasteiger partial charge in [0, 0.05) is 49.2 Å². The molecule has 2 aromatic rings. The van der Waals surface area contributed by atoms with Crippen LogP contribution >= 0.6 is 0 Å². The third-order valence-electron chi connectivity index (χ3n) is 5.79. The normalized spacial score (nSPS) is 19.8. The molecule has 1 aromatic carbocycles. The standard InChI is InChI=1S/C22H20F2N2O4/c1-14-6-11-25-12-17(14)15-2-4-16(5-3-15)18(27)13-26-19(28)21(30-20(26)29)7-9-22(23,24)10-8-21/h2-6,11-12H,7-10,13H2,1H3. The van der Waals surface area contributed by atoms with E-state index in [4.69, 9.17) is 4.74 Å². The minimum atomic E-state index is -2.87. The van der Waals surface area contributed by atoms with Crippen molar-refractivity contribution in [2.45, 2.75) is 44.1 Å². The van der Waals surface area contributed by atoms with Gasteiger partial charge in [0.15, 0.2) is 11.4 Å². The number of pyridine rings is 1. The zero-order valence-electron chi connectivity index (χ0n) is 16.4. The zero-order valence-corrected chi connectivity index (χ0v) is 16.4. The van der Waals surface area contributed by atoms with Crippen LogP contribution in [0.5, 0.6) is 0 Å². The highest BCUT2D eigenvalue weighted by atomic mass is 19.3. The van der Waals surface area contributed by atoms with Gasteiger partial charge in [0.05, 0.1) is 6.54 Å². The van der Waals surface area contributed by atoms with Gasteiger partial charge >= 0.3 is 6.09 Å². The Morgan fingerprint density at radius 1 is 1.10 bits per heavy atom. The van der Waals surface area contributed by atoms with Gasteiger partial charge in [-0.25, -0.2) is 18.5 Å². The van der Waals surface area contributed by atoms with Crippen LogP contribution in [-0.4, -0.2) is 45.7 Å². The average molecular weight is 414 g/mol. The molecule has 156 valence electrons. The second-order valence-electron chi connectivity index (χ2n) is 7.80. The van der Waals surface area contributed by atoms with Gasteiger partial charge in [0.1, 0.15) is 0 Å². The number of ketones is 1. The van der Waals surface area contributed by atoms with Crippen molar-refractivity contribution in [1.82, 2.24) is 9.88 Å². The summed E-state index contributed by atoms with van der Waals surface area (Å²) in [6.45, 7) is 1.47. The lowest BCUT2D eigenvalue weighted by molar-refractivity contribution is -0.146. The van der Waals surface area contributed by atoms with Crippen LogP contribution in [0.2, 0.25) is 0 Å². The zero-order chi connectivity index (χ0) is 21.5. The highest BCUT2D eigenvalue weighted by Crippen LogP contribution is 2.44. The number of rotatable bonds is 4. The molecule has 2 aliphatic rings. The van der Waals surface area contributed by atoms with Crippen molar-refractivity contribution >= 4 is 17.8 Å². The number of hydrogen-bond donors (Lipinski definition) is 0. The summed E-state index contributed by atoms with van der Waals surface area (Å²) in [5, 5.41) is 0. The first-order valence-corrected chi connectivity index (χ1v) is 9.68. The molecule has 0 N–H and O–H groups in total. The van der Waals surface area contributed by atoms with Crippen molar-refractivity contribution in [1.29, 1.82) is 0 Å². The molecule has 1 aliphatic carbocycles. The summed E-state index contributed by atoms with van der Waals surface area (Å²) in [5.41, 5.74) is 1.62. The van der Waals surface area contributed by atoms with Crippen LogP contribution in [-0.2, 0) is 9.53 Å². The smallest absolute Gasteiger partial charge is 0.418 e. The van der Waals surface area contributed by atoms with E-state index in [1.807, 2.05) is 13.0 Å². The lowest BCUT2D eigenvalue weighted by atomic mass is 9.82. The quantitative estimate of drug-likeness (QED) is 0.702. The number of aryl methyl sites for hydroxylation is 1. The van der Waals surface area contributed by atoms with Gasteiger partial charge in [0.25, 0.3) is 5.91 Å². The monoisotopic (exact) mass is 414 g/mol. The second-order valence-corrected chi connectivity index (χ2v) is 7.80. The number of amides is 2. The number of carbonyl (C=O) groups excluding carboxylic acids is 3. The number of alkyl halides is 2. The lowest BCUT2D eigenvalue weighted by Crippen LogP contribution is -2.47. The van der Waals surface area contributed by atoms with E-state index in [9.17, 15) is 23.2 Å². The maximum absolute atomic E-state index is 13.5. The van der Waals surface area contributed by atoms with Gasteiger partial charge in [-0.15, -0.1) is 0 Å². The number of Topliss-reactive ketones (excluding diaryl/α,β-unsaturated/α-hetero) is 1. The molecule has 4 rings (SSSR count). The Hall–Kier alpha value is -3.16. The number of carbonyl (C=O) groups is 3. The van der Waals surface area contributed by atoms with Crippen molar-refractivity contribution in [3.05, 3.63) is 53.9 Å². The Morgan fingerprint density at radius 2 is 1.77 bits per heavy atom. The summed E-state index contributed by atoms with van der Waals surface area (Å²) < 4.78 is 32.1. The van der Waals surface area contributed by atoms with Crippen LogP contribution in [0.4, 0.5) is 13.6 Å². The number of aromatic nitrogens is 1. The first kappa shape index (κ1) is 20.1. The summed E-state index contributed by atoms with van der Waals surface area (Å²) in [6, 6.07) is 8.66. The maximum Gasteiger partial charge on any atom is 0.418 e. The van der Waals surface area contributed by atoms with Crippen molar-refractivity contribution in [3.63, 3.8) is 0 Å². The number of halogens is 2. The lowest BCUT2D eigenvalue weighted by Gasteiger charge is -2.33. The molecule has 1 aliphatic heterocycles. The summed E-state index contributed by atoms with van der Waals surface area (Å²) in [7, 11) is 0. The summed E-state index contributed by atoms with van der Waals surface area (Å²) >= 11 is 0. The first-order valence-electron chi connectivity index (χ1n) is 9.68. The summed E-state index contributed by atoms with van der Waals surface area (Å²) in [6.07, 6.45) is 0.942.